The van der Waals surface area contributed by atoms with Crippen molar-refractivity contribution in [1.82, 2.24) is 0 Å². The molecule has 0 fully saturated rings. The molecule has 0 radical (unpaired) electrons. The number of methoxy groups -OCH3 is 3. The fraction of sp³-hybridized carbons (Fsp3) is 0.364. The molecular formula is C22H19Cl2NO8. The van der Waals surface area contributed by atoms with Gasteiger partial charge in [-0.05, 0) is 17.7 Å². The molecule has 0 amide bonds. The van der Waals surface area contributed by atoms with Crippen molar-refractivity contribution in [1.29, 1.82) is 0 Å². The van der Waals surface area contributed by atoms with E-state index >= 15 is 0 Å². The van der Waals surface area contributed by atoms with E-state index in [-0.39, 0.29) is 40.7 Å². The molecule has 2 aliphatic heterocycles. The lowest BCUT2D eigenvalue weighted by Crippen LogP contribution is -2.40. The number of oxime groups is 1. The average Bonchev–Trinajstić information content (AvgIpc) is 3.46. The van der Waals surface area contributed by atoms with Crippen LogP contribution in [0.1, 0.15) is 22.6 Å². The van der Waals surface area contributed by atoms with E-state index in [0.717, 1.165) is 0 Å². The molecule has 0 saturated heterocycles. The minimum Gasteiger partial charge on any atom is -0.491 e. The topological polar surface area (TPSA) is 105 Å². The molecule has 1 N–H and O–H groups in total. The van der Waals surface area contributed by atoms with Gasteiger partial charge >= 0.3 is 5.97 Å². The van der Waals surface area contributed by atoms with Crippen LogP contribution in [0.15, 0.2) is 17.3 Å². The van der Waals surface area contributed by atoms with Crippen LogP contribution in [-0.4, -0.2) is 51.5 Å². The van der Waals surface area contributed by atoms with Gasteiger partial charge in [0, 0.05) is 17.0 Å². The highest BCUT2D eigenvalue weighted by molar-refractivity contribution is 6.38. The van der Waals surface area contributed by atoms with Crippen molar-refractivity contribution in [3.63, 3.8) is 0 Å². The summed E-state index contributed by atoms with van der Waals surface area (Å²) in [6.07, 6.45) is 0. The van der Waals surface area contributed by atoms with E-state index in [1.54, 1.807) is 12.1 Å². The van der Waals surface area contributed by atoms with Crippen LogP contribution in [-0.2, 0) is 9.63 Å². The van der Waals surface area contributed by atoms with Gasteiger partial charge in [-0.15, -0.1) is 0 Å². The maximum absolute atomic E-state index is 12.6. The molecule has 0 spiro atoms. The number of halogens is 2. The Kier molecular flexibility index (Phi) is 5.33. The first-order valence-corrected chi connectivity index (χ1v) is 10.7. The lowest BCUT2D eigenvalue weighted by molar-refractivity contribution is -0.143. The first-order valence-electron chi connectivity index (χ1n) is 9.96. The predicted molar refractivity (Wildman–Crippen MR) is 118 cm³/mol. The van der Waals surface area contributed by atoms with Gasteiger partial charge in [0.05, 0.1) is 48.9 Å². The Labute approximate surface area is 198 Å². The summed E-state index contributed by atoms with van der Waals surface area (Å²) in [4.78, 5) is 18.0. The van der Waals surface area contributed by atoms with E-state index in [9.17, 15) is 9.90 Å². The largest absolute Gasteiger partial charge is 0.491 e. The highest BCUT2D eigenvalue weighted by atomic mass is 35.5. The first kappa shape index (κ1) is 21.8. The van der Waals surface area contributed by atoms with E-state index in [0.29, 0.717) is 33.9 Å². The Balaban J connectivity index is 1.85. The quantitative estimate of drug-likeness (QED) is 0.664. The van der Waals surface area contributed by atoms with Gasteiger partial charge in [0.1, 0.15) is 6.61 Å². The van der Waals surface area contributed by atoms with Crippen molar-refractivity contribution >= 4 is 34.9 Å². The maximum Gasteiger partial charge on any atom is 0.308 e. The summed E-state index contributed by atoms with van der Waals surface area (Å²) in [6, 6.07) is 3.52. The maximum atomic E-state index is 12.6. The molecule has 5 rings (SSSR count). The molecule has 2 heterocycles. The highest BCUT2D eigenvalue weighted by Gasteiger charge is 2.51. The van der Waals surface area contributed by atoms with Crippen molar-refractivity contribution in [2.24, 2.45) is 17.0 Å². The number of nitrogens with zero attached hydrogens (tertiary/aromatic N) is 1. The zero-order valence-electron chi connectivity index (χ0n) is 17.8. The number of benzene rings is 2. The summed E-state index contributed by atoms with van der Waals surface area (Å²) in [7, 11) is 4.29. The van der Waals surface area contributed by atoms with Gasteiger partial charge in [0.2, 0.25) is 12.5 Å². The van der Waals surface area contributed by atoms with Crippen LogP contribution >= 0.6 is 23.2 Å². The van der Waals surface area contributed by atoms with Crippen LogP contribution in [0.3, 0.4) is 0 Å². The van der Waals surface area contributed by atoms with Gasteiger partial charge in [0.25, 0.3) is 0 Å². The van der Waals surface area contributed by atoms with E-state index in [2.05, 4.69) is 5.16 Å². The van der Waals surface area contributed by atoms with E-state index < -0.39 is 23.7 Å². The van der Waals surface area contributed by atoms with Crippen molar-refractivity contribution in [2.45, 2.75) is 5.92 Å². The van der Waals surface area contributed by atoms with E-state index in [1.807, 2.05) is 0 Å². The number of aliphatic carboxylic acids is 1. The standard InChI is InChI=1S/C22H19Cl2NO8/c1-28-19-16(23)15(17(24)20(29-2)21(19)30-3)13-8-4-11-12(32-7-31-11)5-9(8)18-10(6-33-25-18)14(13)22(26)27/h4-5,10,13-14H,6-7H2,1-3H3,(H,26,27)/t10-,13+,14-/m0/s1. The third-order valence-electron chi connectivity index (χ3n) is 6.21. The third kappa shape index (κ3) is 3.06. The van der Waals surface area contributed by atoms with Gasteiger partial charge < -0.3 is 33.6 Å². The summed E-state index contributed by atoms with van der Waals surface area (Å²) >= 11 is 13.6. The molecule has 0 aromatic heterocycles. The number of carboxylic acids is 1. The van der Waals surface area contributed by atoms with Gasteiger partial charge in [-0.2, -0.15) is 0 Å². The van der Waals surface area contributed by atoms with Gasteiger partial charge in [-0.1, -0.05) is 28.4 Å². The van der Waals surface area contributed by atoms with Crippen LogP contribution in [0, 0.1) is 11.8 Å². The van der Waals surface area contributed by atoms with Crippen LogP contribution in [0.4, 0.5) is 0 Å². The Morgan fingerprint density at radius 2 is 1.64 bits per heavy atom. The second-order valence-electron chi connectivity index (χ2n) is 7.65. The first-order chi connectivity index (χ1) is 15.9. The third-order valence-corrected chi connectivity index (χ3v) is 6.96. The number of carbonyl (C=O) groups is 1. The Morgan fingerprint density at radius 3 is 2.21 bits per heavy atom. The fourth-order valence-corrected chi connectivity index (χ4v) is 5.63. The summed E-state index contributed by atoms with van der Waals surface area (Å²) in [5.74, 6) is -1.77. The summed E-state index contributed by atoms with van der Waals surface area (Å²) in [5.41, 5.74) is 2.17. The Hall–Kier alpha value is -3.04. The van der Waals surface area contributed by atoms with Gasteiger partial charge in [0.15, 0.2) is 23.0 Å². The average molecular weight is 496 g/mol. The molecular weight excluding hydrogens is 477 g/mol. The number of hydrogen-bond donors (Lipinski definition) is 1. The van der Waals surface area contributed by atoms with Crippen molar-refractivity contribution < 1.29 is 38.4 Å². The number of rotatable bonds is 5. The van der Waals surface area contributed by atoms with Crippen molar-refractivity contribution in [3.8, 4) is 28.7 Å². The molecule has 33 heavy (non-hydrogen) atoms. The highest BCUT2D eigenvalue weighted by Crippen LogP contribution is 2.58. The van der Waals surface area contributed by atoms with Crippen LogP contribution in [0.5, 0.6) is 28.7 Å². The fourth-order valence-electron chi connectivity index (χ4n) is 4.84. The van der Waals surface area contributed by atoms with Gasteiger partial charge in [-0.25, -0.2) is 0 Å². The zero-order chi connectivity index (χ0) is 23.4. The summed E-state index contributed by atoms with van der Waals surface area (Å²) < 4.78 is 27.5. The number of fused-ring (bicyclic) bond motifs is 4. The second-order valence-corrected chi connectivity index (χ2v) is 8.41. The smallest absolute Gasteiger partial charge is 0.308 e. The molecule has 11 heteroatoms. The molecule has 0 saturated carbocycles. The SMILES string of the molecule is COc1c(Cl)c([C@@H]2c3cc4c(cc3C3=NOC[C@H]3[C@@H]2C(=O)O)OCO4)c(Cl)c(OC)c1OC. The van der Waals surface area contributed by atoms with Crippen molar-refractivity contribution in [2.75, 3.05) is 34.7 Å². The molecule has 0 unspecified atom stereocenters. The zero-order valence-corrected chi connectivity index (χ0v) is 19.3. The summed E-state index contributed by atoms with van der Waals surface area (Å²) in [6.45, 7) is 0.166. The second kappa shape index (κ2) is 8.07. The number of ether oxygens (including phenoxy) is 5. The Morgan fingerprint density at radius 1 is 1.03 bits per heavy atom. The molecule has 0 bridgehead atoms. The monoisotopic (exact) mass is 495 g/mol. The molecule has 174 valence electrons. The Bertz CT molecular complexity index is 1170. The predicted octanol–water partition coefficient (Wildman–Crippen LogP) is 3.94. The lowest BCUT2D eigenvalue weighted by atomic mass is 9.65. The van der Waals surface area contributed by atoms with E-state index in [4.69, 9.17) is 51.7 Å². The van der Waals surface area contributed by atoms with Crippen molar-refractivity contribution in [3.05, 3.63) is 38.9 Å². The molecule has 2 aromatic rings. The molecule has 3 aliphatic rings. The van der Waals surface area contributed by atoms with Gasteiger partial charge in [-0.3, -0.25) is 4.79 Å². The van der Waals surface area contributed by atoms with Crippen LogP contribution in [0.25, 0.3) is 0 Å². The summed E-state index contributed by atoms with van der Waals surface area (Å²) in [5, 5.41) is 14.7. The number of carboxylic acid groups (broad SMARTS) is 1. The minimum atomic E-state index is -1.05. The van der Waals surface area contributed by atoms with Crippen LogP contribution < -0.4 is 23.7 Å². The molecule has 3 atom stereocenters. The van der Waals surface area contributed by atoms with E-state index in [1.165, 1.54) is 21.3 Å². The molecule has 2 aromatic carbocycles. The van der Waals surface area contributed by atoms with Crippen LogP contribution in [0.2, 0.25) is 10.0 Å². The normalized spacial score (nSPS) is 22.1. The lowest BCUT2D eigenvalue weighted by Gasteiger charge is -2.36. The minimum absolute atomic E-state index is 0.0589. The number of hydrogen-bond acceptors (Lipinski definition) is 8. The molecule has 1 aliphatic carbocycles. The molecule has 9 nitrogen and oxygen atoms in total.